The predicted octanol–water partition coefficient (Wildman–Crippen LogP) is 0.696. The topological polar surface area (TPSA) is 40.5 Å². The molecule has 9 heavy (non-hydrogen) atoms. The monoisotopic (exact) mass is 130 g/mol. The molecule has 0 aliphatic heterocycles. The maximum Gasteiger partial charge on any atom is 0.0692 e. The molecule has 1 atom stereocenters. The zero-order chi connectivity index (χ0) is 7.11. The molecule has 2 N–H and O–H groups in total. The van der Waals surface area contributed by atoms with Crippen molar-refractivity contribution in [2.45, 2.75) is 25.9 Å². The van der Waals surface area contributed by atoms with Gasteiger partial charge < -0.3 is 10.2 Å². The summed E-state index contributed by atoms with van der Waals surface area (Å²) < 4.78 is 0. The Kier molecular flexibility index (Phi) is 5.57. The average molecular weight is 130 g/mol. The van der Waals surface area contributed by atoms with Gasteiger partial charge in [-0.05, 0) is 19.8 Å². The van der Waals surface area contributed by atoms with E-state index in [1.807, 2.05) is 6.08 Å². The minimum Gasteiger partial charge on any atom is -0.396 e. The fourth-order valence-electron chi connectivity index (χ4n) is 0.502. The van der Waals surface area contributed by atoms with Gasteiger partial charge in [0.2, 0.25) is 0 Å². The number of aliphatic hydroxyl groups is 2. The highest BCUT2D eigenvalue weighted by molar-refractivity contribution is 4.85. The molecule has 0 aromatic rings. The van der Waals surface area contributed by atoms with Crippen LogP contribution in [0.3, 0.4) is 0 Å². The maximum atomic E-state index is 8.70. The minimum absolute atomic E-state index is 0.226. The predicted molar refractivity (Wildman–Crippen MR) is 37.1 cm³/mol. The molecule has 0 heterocycles. The standard InChI is InChI=1S/C7H14O2/c1-7(9)5-3-2-4-6-8/h3,5,7-9H,2,4,6H2,1H3/b5-3-/t7-/m0/s1. The van der Waals surface area contributed by atoms with Crippen molar-refractivity contribution in [2.75, 3.05) is 6.61 Å². The van der Waals surface area contributed by atoms with Crippen molar-refractivity contribution in [3.05, 3.63) is 12.2 Å². The zero-order valence-corrected chi connectivity index (χ0v) is 5.75. The van der Waals surface area contributed by atoms with Gasteiger partial charge in [0.25, 0.3) is 0 Å². The number of unbranched alkanes of at least 4 members (excludes halogenated alkanes) is 1. The SMILES string of the molecule is C[C@H](O)/C=C\CCCO. The highest BCUT2D eigenvalue weighted by atomic mass is 16.3. The summed E-state index contributed by atoms with van der Waals surface area (Å²) in [5, 5.41) is 17.0. The molecule has 2 heteroatoms. The van der Waals surface area contributed by atoms with Gasteiger partial charge in [0, 0.05) is 6.61 Å². The Morgan fingerprint density at radius 3 is 2.67 bits per heavy atom. The lowest BCUT2D eigenvalue weighted by atomic mass is 10.2. The van der Waals surface area contributed by atoms with E-state index in [-0.39, 0.29) is 12.7 Å². The average Bonchev–Trinajstić information content (AvgIpc) is 1.80. The quantitative estimate of drug-likeness (QED) is 0.434. The second-order valence-corrected chi connectivity index (χ2v) is 2.03. The summed E-state index contributed by atoms with van der Waals surface area (Å²) in [5.74, 6) is 0. The van der Waals surface area contributed by atoms with Crippen LogP contribution >= 0.6 is 0 Å². The van der Waals surface area contributed by atoms with Crippen molar-refractivity contribution in [3.63, 3.8) is 0 Å². The van der Waals surface area contributed by atoms with Crippen molar-refractivity contribution in [1.82, 2.24) is 0 Å². The molecule has 0 aliphatic carbocycles. The van der Waals surface area contributed by atoms with E-state index in [2.05, 4.69) is 0 Å². The molecule has 0 spiro atoms. The van der Waals surface area contributed by atoms with Crippen LogP contribution in [0.5, 0.6) is 0 Å². The number of allylic oxidation sites excluding steroid dienone is 1. The molecule has 0 saturated heterocycles. The summed E-state index contributed by atoms with van der Waals surface area (Å²) in [6, 6.07) is 0. The summed E-state index contributed by atoms with van der Waals surface area (Å²) in [7, 11) is 0. The molecule has 0 fully saturated rings. The van der Waals surface area contributed by atoms with Gasteiger partial charge in [0.05, 0.1) is 6.10 Å². The second-order valence-electron chi connectivity index (χ2n) is 2.03. The van der Waals surface area contributed by atoms with Crippen molar-refractivity contribution in [2.24, 2.45) is 0 Å². The van der Waals surface area contributed by atoms with Crippen LogP contribution in [-0.4, -0.2) is 22.9 Å². The van der Waals surface area contributed by atoms with Crippen LogP contribution in [0.25, 0.3) is 0 Å². The lowest BCUT2D eigenvalue weighted by molar-refractivity contribution is 0.243. The molecule has 0 bridgehead atoms. The summed E-state index contributed by atoms with van der Waals surface area (Å²) in [5.41, 5.74) is 0. The number of hydrogen-bond donors (Lipinski definition) is 2. The first-order valence-electron chi connectivity index (χ1n) is 3.23. The van der Waals surface area contributed by atoms with Gasteiger partial charge in [-0.25, -0.2) is 0 Å². The van der Waals surface area contributed by atoms with Crippen molar-refractivity contribution >= 4 is 0 Å². The summed E-state index contributed by atoms with van der Waals surface area (Å²) in [6.45, 7) is 1.93. The number of aliphatic hydroxyl groups excluding tert-OH is 2. The highest BCUT2D eigenvalue weighted by Gasteiger charge is 1.83. The Bertz CT molecular complexity index is 77.0. The van der Waals surface area contributed by atoms with Crippen LogP contribution in [0, 0.1) is 0 Å². The van der Waals surface area contributed by atoms with Crippen molar-refractivity contribution in [3.8, 4) is 0 Å². The van der Waals surface area contributed by atoms with E-state index in [0.29, 0.717) is 0 Å². The third kappa shape index (κ3) is 7.66. The Hall–Kier alpha value is -0.340. The molecule has 54 valence electrons. The third-order valence-corrected chi connectivity index (χ3v) is 0.944. The van der Waals surface area contributed by atoms with Crippen LogP contribution in [0.2, 0.25) is 0 Å². The lowest BCUT2D eigenvalue weighted by Crippen LogP contribution is -1.91. The second kappa shape index (κ2) is 5.79. The summed E-state index contributed by atoms with van der Waals surface area (Å²) >= 11 is 0. The molecule has 0 radical (unpaired) electrons. The normalized spacial score (nSPS) is 14.6. The van der Waals surface area contributed by atoms with Gasteiger partial charge in [-0.3, -0.25) is 0 Å². The van der Waals surface area contributed by atoms with E-state index in [1.165, 1.54) is 0 Å². The first-order valence-corrected chi connectivity index (χ1v) is 3.23. The van der Waals surface area contributed by atoms with E-state index in [4.69, 9.17) is 10.2 Å². The molecule has 0 rings (SSSR count). The molecule has 0 unspecified atom stereocenters. The molecule has 0 amide bonds. The van der Waals surface area contributed by atoms with Gasteiger partial charge in [0.1, 0.15) is 0 Å². The summed E-state index contributed by atoms with van der Waals surface area (Å²) in [6.07, 6.45) is 4.87. The van der Waals surface area contributed by atoms with E-state index in [9.17, 15) is 0 Å². The van der Waals surface area contributed by atoms with E-state index >= 15 is 0 Å². The number of rotatable bonds is 4. The van der Waals surface area contributed by atoms with E-state index < -0.39 is 0 Å². The summed E-state index contributed by atoms with van der Waals surface area (Å²) in [4.78, 5) is 0. The Morgan fingerprint density at radius 2 is 2.22 bits per heavy atom. The number of hydrogen-bond acceptors (Lipinski definition) is 2. The molecule has 2 nitrogen and oxygen atoms in total. The van der Waals surface area contributed by atoms with Gasteiger partial charge in [-0.15, -0.1) is 0 Å². The molecular weight excluding hydrogens is 116 g/mol. The molecular formula is C7H14O2. The van der Waals surface area contributed by atoms with Crippen molar-refractivity contribution in [1.29, 1.82) is 0 Å². The van der Waals surface area contributed by atoms with Crippen LogP contribution in [-0.2, 0) is 0 Å². The third-order valence-electron chi connectivity index (χ3n) is 0.944. The largest absolute Gasteiger partial charge is 0.396 e. The molecule has 0 aromatic carbocycles. The molecule has 0 aliphatic rings. The first kappa shape index (κ1) is 8.66. The molecule has 0 aromatic heterocycles. The minimum atomic E-state index is -0.358. The van der Waals surface area contributed by atoms with Gasteiger partial charge in [-0.2, -0.15) is 0 Å². The van der Waals surface area contributed by atoms with Crippen LogP contribution < -0.4 is 0 Å². The Morgan fingerprint density at radius 1 is 1.56 bits per heavy atom. The smallest absolute Gasteiger partial charge is 0.0692 e. The first-order chi connectivity index (χ1) is 4.27. The molecule has 0 saturated carbocycles. The van der Waals surface area contributed by atoms with Crippen LogP contribution in [0.15, 0.2) is 12.2 Å². The van der Waals surface area contributed by atoms with Crippen LogP contribution in [0.1, 0.15) is 19.8 Å². The fraction of sp³-hybridized carbons (Fsp3) is 0.714. The maximum absolute atomic E-state index is 8.70. The van der Waals surface area contributed by atoms with Gasteiger partial charge in [-0.1, -0.05) is 12.2 Å². The van der Waals surface area contributed by atoms with Gasteiger partial charge >= 0.3 is 0 Å². The van der Waals surface area contributed by atoms with E-state index in [1.54, 1.807) is 13.0 Å². The zero-order valence-electron chi connectivity index (χ0n) is 5.75. The van der Waals surface area contributed by atoms with Gasteiger partial charge in [0.15, 0.2) is 0 Å². The Labute approximate surface area is 55.8 Å². The van der Waals surface area contributed by atoms with E-state index in [0.717, 1.165) is 12.8 Å². The highest BCUT2D eigenvalue weighted by Crippen LogP contribution is 1.90. The van der Waals surface area contributed by atoms with Crippen molar-refractivity contribution < 1.29 is 10.2 Å². The van der Waals surface area contributed by atoms with Crippen LogP contribution in [0.4, 0.5) is 0 Å². The lowest BCUT2D eigenvalue weighted by Gasteiger charge is -1.92. The fourth-order valence-corrected chi connectivity index (χ4v) is 0.502. The Balaban J connectivity index is 3.04.